The molecule has 0 saturated heterocycles. The number of alkyl halides is 1. The Bertz CT molecular complexity index is 1140. The van der Waals surface area contributed by atoms with Gasteiger partial charge >= 0.3 is 0 Å². The van der Waals surface area contributed by atoms with Crippen LogP contribution in [0.15, 0.2) is 89.5 Å². The van der Waals surface area contributed by atoms with Gasteiger partial charge in [-0.2, -0.15) is 0 Å². The van der Waals surface area contributed by atoms with Crippen LogP contribution in [0.1, 0.15) is 11.4 Å². The third-order valence-electron chi connectivity index (χ3n) is 4.36. The number of hydrogen-bond acceptors (Lipinski definition) is 6. The molecule has 2 N–H and O–H groups in total. The summed E-state index contributed by atoms with van der Waals surface area (Å²) in [4.78, 5) is 12.6. The highest BCUT2D eigenvalue weighted by atomic mass is 19.1. The molecule has 1 unspecified atom stereocenters. The zero-order valence-electron chi connectivity index (χ0n) is 15.4. The molecule has 1 aliphatic rings. The van der Waals surface area contributed by atoms with E-state index in [0.29, 0.717) is 28.2 Å². The van der Waals surface area contributed by atoms with E-state index in [1.165, 1.54) is 6.08 Å². The predicted octanol–water partition coefficient (Wildman–Crippen LogP) is 4.01. The zero-order chi connectivity index (χ0) is 20.1. The quantitative estimate of drug-likeness (QED) is 0.624. The summed E-state index contributed by atoms with van der Waals surface area (Å²) in [5, 5.41) is 11.6. The molecule has 3 aromatic rings. The molecule has 1 atom stereocenters. The number of allylic oxidation sites excluding steroid dienone is 6. The van der Waals surface area contributed by atoms with Gasteiger partial charge in [-0.3, -0.25) is 10.4 Å². The van der Waals surface area contributed by atoms with Crippen LogP contribution in [0.2, 0.25) is 0 Å². The van der Waals surface area contributed by atoms with Crippen LogP contribution in [0.4, 0.5) is 4.39 Å². The van der Waals surface area contributed by atoms with Crippen LogP contribution in [0, 0.1) is 5.41 Å². The second-order valence-corrected chi connectivity index (χ2v) is 6.34. The molecule has 0 aliphatic heterocycles. The van der Waals surface area contributed by atoms with Crippen molar-refractivity contribution in [2.75, 3.05) is 6.54 Å². The Morgan fingerprint density at radius 1 is 1.21 bits per heavy atom. The number of pyridine rings is 1. The number of halogens is 1. The molecule has 144 valence electrons. The van der Waals surface area contributed by atoms with Crippen molar-refractivity contribution in [1.82, 2.24) is 20.3 Å². The normalized spacial score (nSPS) is 16.5. The molecule has 4 rings (SSSR count). The molecular formula is C22H18FN5O. The molecule has 0 bridgehead atoms. The summed E-state index contributed by atoms with van der Waals surface area (Å²) in [6.45, 7) is 0.265. The summed E-state index contributed by atoms with van der Waals surface area (Å²) < 4.78 is 19.8. The third-order valence-corrected chi connectivity index (χ3v) is 4.36. The van der Waals surface area contributed by atoms with Crippen molar-refractivity contribution in [2.45, 2.75) is 6.17 Å². The second kappa shape index (κ2) is 8.43. The van der Waals surface area contributed by atoms with Crippen LogP contribution in [0.5, 0.6) is 0 Å². The van der Waals surface area contributed by atoms with Gasteiger partial charge < -0.3 is 9.73 Å². The van der Waals surface area contributed by atoms with E-state index >= 15 is 0 Å². The zero-order valence-corrected chi connectivity index (χ0v) is 15.4. The molecule has 3 aromatic heterocycles. The topological polar surface area (TPSA) is 87.7 Å². The SMILES string of the molecule is N=C(/C=C(\NCC1=CC=CC=CC1F)c1cnc2ccoc2c1)c1ncccn1. The maximum atomic E-state index is 14.3. The number of nitrogens with one attached hydrogen (secondary N) is 2. The molecule has 6 nitrogen and oxygen atoms in total. The average Bonchev–Trinajstić information content (AvgIpc) is 3.13. The van der Waals surface area contributed by atoms with Crippen molar-refractivity contribution in [2.24, 2.45) is 0 Å². The van der Waals surface area contributed by atoms with E-state index < -0.39 is 6.17 Å². The molecule has 0 aromatic carbocycles. The number of fused-ring (bicyclic) bond motifs is 1. The Morgan fingerprint density at radius 3 is 2.93 bits per heavy atom. The van der Waals surface area contributed by atoms with E-state index in [-0.39, 0.29) is 12.3 Å². The molecule has 7 heteroatoms. The van der Waals surface area contributed by atoms with Crippen molar-refractivity contribution in [3.63, 3.8) is 0 Å². The Hall–Kier alpha value is -3.87. The standard InChI is InChI=1S/C22H18FN5O/c23-17-6-3-1-2-5-15(17)13-28-20(12-18(24)22-25-8-4-9-26-22)16-11-21-19(27-14-16)7-10-29-21/h1-12,14,17,24,28H,13H2/b20-12-,24-18?. The summed E-state index contributed by atoms with van der Waals surface area (Å²) in [7, 11) is 0. The van der Waals surface area contributed by atoms with Crippen LogP contribution < -0.4 is 5.32 Å². The van der Waals surface area contributed by atoms with Crippen molar-refractivity contribution in [1.29, 1.82) is 5.41 Å². The van der Waals surface area contributed by atoms with E-state index in [1.54, 1.807) is 67.4 Å². The van der Waals surface area contributed by atoms with Gasteiger partial charge in [-0.1, -0.05) is 24.3 Å². The number of rotatable bonds is 6. The first-order chi connectivity index (χ1) is 14.2. The van der Waals surface area contributed by atoms with Crippen LogP contribution >= 0.6 is 0 Å². The summed E-state index contributed by atoms with van der Waals surface area (Å²) in [6.07, 6.45) is 15.4. The Balaban J connectivity index is 1.65. The Morgan fingerprint density at radius 2 is 2.07 bits per heavy atom. The van der Waals surface area contributed by atoms with Crippen LogP contribution in [-0.2, 0) is 0 Å². The predicted molar refractivity (Wildman–Crippen MR) is 110 cm³/mol. The summed E-state index contributed by atoms with van der Waals surface area (Å²) in [5.41, 5.74) is 3.37. The van der Waals surface area contributed by atoms with E-state index in [0.717, 1.165) is 5.52 Å². The first kappa shape index (κ1) is 18.5. The molecule has 29 heavy (non-hydrogen) atoms. The lowest BCUT2D eigenvalue weighted by atomic mass is 10.1. The molecule has 0 spiro atoms. The van der Waals surface area contributed by atoms with Gasteiger partial charge in [-0.05, 0) is 29.9 Å². The molecular weight excluding hydrogens is 369 g/mol. The molecule has 0 radical (unpaired) electrons. The van der Waals surface area contributed by atoms with E-state index in [2.05, 4.69) is 20.3 Å². The lowest BCUT2D eigenvalue weighted by molar-refractivity contribution is 0.443. The maximum absolute atomic E-state index is 14.3. The van der Waals surface area contributed by atoms with E-state index in [4.69, 9.17) is 9.83 Å². The highest BCUT2D eigenvalue weighted by molar-refractivity contribution is 6.07. The Kier molecular flexibility index (Phi) is 5.38. The van der Waals surface area contributed by atoms with E-state index in [1.807, 2.05) is 6.07 Å². The van der Waals surface area contributed by atoms with Crippen molar-refractivity contribution in [3.05, 3.63) is 96.5 Å². The van der Waals surface area contributed by atoms with Crippen LogP contribution in [-0.4, -0.2) is 33.4 Å². The van der Waals surface area contributed by atoms with Gasteiger partial charge in [-0.15, -0.1) is 0 Å². The summed E-state index contributed by atoms with van der Waals surface area (Å²) >= 11 is 0. The van der Waals surface area contributed by atoms with Crippen molar-refractivity contribution < 1.29 is 8.81 Å². The van der Waals surface area contributed by atoms with Gasteiger partial charge in [-0.25, -0.2) is 14.4 Å². The molecule has 0 saturated carbocycles. The van der Waals surface area contributed by atoms with Crippen molar-refractivity contribution >= 4 is 22.5 Å². The number of aromatic nitrogens is 3. The number of furan rings is 1. The highest BCUT2D eigenvalue weighted by Gasteiger charge is 2.13. The Labute approximate surface area is 166 Å². The molecule has 0 amide bonds. The monoisotopic (exact) mass is 387 g/mol. The van der Waals surface area contributed by atoms with Crippen LogP contribution in [0.3, 0.4) is 0 Å². The largest absolute Gasteiger partial charge is 0.463 e. The van der Waals surface area contributed by atoms with Crippen molar-refractivity contribution in [3.8, 4) is 0 Å². The third kappa shape index (κ3) is 4.35. The van der Waals surface area contributed by atoms with E-state index in [9.17, 15) is 4.39 Å². The summed E-state index contributed by atoms with van der Waals surface area (Å²) in [5.74, 6) is 0.293. The lowest BCUT2D eigenvalue weighted by Gasteiger charge is -2.15. The molecule has 0 fully saturated rings. The number of nitrogens with zero attached hydrogens (tertiary/aromatic N) is 3. The summed E-state index contributed by atoms with van der Waals surface area (Å²) in [6, 6.07) is 5.29. The molecule has 1 aliphatic carbocycles. The van der Waals surface area contributed by atoms with Gasteiger partial charge in [0.1, 0.15) is 17.4 Å². The highest BCUT2D eigenvalue weighted by Crippen LogP contribution is 2.20. The van der Waals surface area contributed by atoms with Gasteiger partial charge in [0.15, 0.2) is 11.4 Å². The van der Waals surface area contributed by atoms with Gasteiger partial charge in [0.05, 0.1) is 6.26 Å². The van der Waals surface area contributed by atoms with Gasteiger partial charge in [0, 0.05) is 42.5 Å². The second-order valence-electron chi connectivity index (χ2n) is 6.34. The van der Waals surface area contributed by atoms with Gasteiger partial charge in [0.2, 0.25) is 0 Å². The minimum absolute atomic E-state index is 0.124. The smallest absolute Gasteiger partial charge is 0.177 e. The lowest BCUT2D eigenvalue weighted by Crippen LogP contribution is -2.21. The minimum Gasteiger partial charge on any atom is -0.463 e. The first-order valence-corrected chi connectivity index (χ1v) is 9.04. The first-order valence-electron chi connectivity index (χ1n) is 9.04. The maximum Gasteiger partial charge on any atom is 0.177 e. The average molecular weight is 387 g/mol. The minimum atomic E-state index is -1.18. The molecule has 3 heterocycles. The fraction of sp³-hybridized carbons (Fsp3) is 0.0909. The fourth-order valence-electron chi connectivity index (χ4n) is 2.85. The van der Waals surface area contributed by atoms with Gasteiger partial charge in [0.25, 0.3) is 0 Å². The number of hydrogen-bond donors (Lipinski definition) is 2. The van der Waals surface area contributed by atoms with Crippen LogP contribution in [0.25, 0.3) is 16.8 Å². The fourth-order valence-corrected chi connectivity index (χ4v) is 2.85.